The highest BCUT2D eigenvalue weighted by Gasteiger charge is 2.42. The van der Waals surface area contributed by atoms with Gasteiger partial charge in [0.25, 0.3) is 11.2 Å². The Kier molecular flexibility index (Phi) is 5.06. The Bertz CT molecular complexity index is 1310. The van der Waals surface area contributed by atoms with Crippen molar-refractivity contribution < 1.29 is 9.72 Å². The van der Waals surface area contributed by atoms with Crippen LogP contribution < -0.4 is 10.5 Å². The molecule has 2 fully saturated rings. The molecule has 0 aliphatic carbocycles. The van der Waals surface area contributed by atoms with Crippen molar-refractivity contribution >= 4 is 51.5 Å². The number of hydrogen-bond acceptors (Lipinski definition) is 5. The summed E-state index contributed by atoms with van der Waals surface area (Å²) >= 11 is 12.2. The maximum atomic E-state index is 13.3. The first kappa shape index (κ1) is 20.8. The average Bonchev–Trinajstić information content (AvgIpc) is 3.34. The Morgan fingerprint density at radius 1 is 0.938 bits per heavy atom. The first-order valence-corrected chi connectivity index (χ1v) is 10.9. The number of carbonyl (C=O) groups is 1. The largest absolute Gasteiger partial charge is 0.371 e. The summed E-state index contributed by atoms with van der Waals surface area (Å²) in [6.45, 7) is 2.64. The summed E-state index contributed by atoms with van der Waals surface area (Å²) in [6.07, 6.45) is 0. The minimum absolute atomic E-state index is 0.0896. The van der Waals surface area contributed by atoms with E-state index in [1.165, 1.54) is 30.3 Å². The van der Waals surface area contributed by atoms with Crippen LogP contribution in [0.5, 0.6) is 0 Å². The third-order valence-electron chi connectivity index (χ3n) is 6.31. The molecule has 164 valence electrons. The lowest BCUT2D eigenvalue weighted by Crippen LogP contribution is -2.40. The van der Waals surface area contributed by atoms with Gasteiger partial charge in [-0.1, -0.05) is 23.2 Å². The molecule has 0 bridgehead atoms. The van der Waals surface area contributed by atoms with Crippen molar-refractivity contribution in [2.24, 2.45) is 11.8 Å². The minimum atomic E-state index is -0.502. The molecule has 2 atom stereocenters. The Labute approximate surface area is 192 Å². The van der Waals surface area contributed by atoms with Crippen LogP contribution in [0.15, 0.2) is 53.3 Å². The Balaban J connectivity index is 1.37. The molecule has 0 N–H and O–H groups in total. The predicted molar refractivity (Wildman–Crippen MR) is 123 cm³/mol. The van der Waals surface area contributed by atoms with Gasteiger partial charge in [0.05, 0.1) is 20.5 Å². The van der Waals surface area contributed by atoms with Crippen molar-refractivity contribution in [3.63, 3.8) is 0 Å². The Morgan fingerprint density at radius 3 is 2.31 bits per heavy atom. The summed E-state index contributed by atoms with van der Waals surface area (Å²) in [5.74, 6) is 0.556. The molecule has 0 spiro atoms. The second-order valence-electron chi connectivity index (χ2n) is 8.22. The number of amides is 1. The molecule has 32 heavy (non-hydrogen) atoms. The number of nitrogens with zero attached hydrogens (tertiary/aromatic N) is 4. The number of fused-ring (bicyclic) bond motifs is 2. The molecule has 2 unspecified atom stereocenters. The molecule has 3 heterocycles. The Hall–Kier alpha value is -3.10. The fraction of sp³-hybridized carbons (Fsp3) is 0.273. The number of benzene rings is 2. The summed E-state index contributed by atoms with van der Waals surface area (Å²) in [4.78, 5) is 40.3. The van der Waals surface area contributed by atoms with Crippen molar-refractivity contribution in [3.8, 4) is 0 Å². The molecule has 5 rings (SSSR count). The first-order valence-electron chi connectivity index (χ1n) is 10.1. The number of likely N-dealkylation sites (tertiary alicyclic amines) is 1. The second kappa shape index (κ2) is 7.79. The summed E-state index contributed by atoms with van der Waals surface area (Å²) in [7, 11) is 0. The SMILES string of the molecule is O=C(N1CC2CN(c3ccc(Cl)c(Cl)c3)CC2C1)n1c(=O)ccc2cc([N+](=O)[O-])ccc21. The van der Waals surface area contributed by atoms with Crippen molar-refractivity contribution in [2.75, 3.05) is 31.1 Å². The zero-order chi connectivity index (χ0) is 22.6. The number of rotatable bonds is 2. The van der Waals surface area contributed by atoms with Crippen molar-refractivity contribution in [2.45, 2.75) is 0 Å². The number of anilines is 1. The van der Waals surface area contributed by atoms with Gasteiger partial charge >= 0.3 is 6.03 Å². The topological polar surface area (TPSA) is 88.7 Å². The number of nitro benzene ring substituents is 1. The molecule has 0 saturated carbocycles. The van der Waals surface area contributed by atoms with Crippen LogP contribution in [0, 0.1) is 22.0 Å². The van der Waals surface area contributed by atoms with Gasteiger partial charge < -0.3 is 9.80 Å². The van der Waals surface area contributed by atoms with Gasteiger partial charge in [0.1, 0.15) is 0 Å². The molecule has 8 nitrogen and oxygen atoms in total. The van der Waals surface area contributed by atoms with Crippen LogP contribution in [0.4, 0.5) is 16.2 Å². The Morgan fingerprint density at radius 2 is 1.66 bits per heavy atom. The maximum absolute atomic E-state index is 13.3. The second-order valence-corrected chi connectivity index (χ2v) is 9.03. The molecule has 3 aromatic rings. The van der Waals surface area contributed by atoms with Gasteiger partial charge in [-0.05, 0) is 30.3 Å². The lowest BCUT2D eigenvalue weighted by Gasteiger charge is -2.24. The fourth-order valence-corrected chi connectivity index (χ4v) is 5.02. The number of aromatic nitrogens is 1. The molecule has 2 aromatic carbocycles. The highest BCUT2D eigenvalue weighted by atomic mass is 35.5. The van der Waals surface area contributed by atoms with E-state index in [2.05, 4.69) is 4.90 Å². The van der Waals surface area contributed by atoms with Crippen molar-refractivity contribution in [1.82, 2.24) is 9.47 Å². The zero-order valence-electron chi connectivity index (χ0n) is 16.8. The van der Waals surface area contributed by atoms with Crippen LogP contribution in [0.2, 0.25) is 10.0 Å². The third kappa shape index (κ3) is 3.49. The number of halogens is 2. The molecular formula is C22H18Cl2N4O4. The van der Waals surface area contributed by atoms with E-state index in [0.717, 1.165) is 23.3 Å². The standard InChI is InChI=1S/C22H18Cl2N4O4/c23-18-4-2-16(8-19(18)24)25-9-14-11-26(12-15(14)10-25)22(30)27-20-5-3-17(28(31)32)7-13(20)1-6-21(27)29/h1-8,14-15H,9-12H2. The van der Waals surface area contributed by atoms with E-state index < -0.39 is 16.5 Å². The van der Waals surface area contributed by atoms with E-state index in [0.29, 0.717) is 34.0 Å². The van der Waals surface area contributed by atoms with Gasteiger partial charge in [0.15, 0.2) is 0 Å². The molecule has 2 saturated heterocycles. The average molecular weight is 473 g/mol. The van der Waals surface area contributed by atoms with Crippen LogP contribution in [0.3, 0.4) is 0 Å². The van der Waals surface area contributed by atoms with E-state index >= 15 is 0 Å². The molecular weight excluding hydrogens is 455 g/mol. The molecule has 0 radical (unpaired) electrons. The quantitative estimate of drug-likeness (QED) is 0.410. The van der Waals surface area contributed by atoms with Crippen LogP contribution in [0.25, 0.3) is 10.9 Å². The van der Waals surface area contributed by atoms with E-state index in [1.807, 2.05) is 12.1 Å². The summed E-state index contributed by atoms with van der Waals surface area (Å²) < 4.78 is 1.11. The van der Waals surface area contributed by atoms with Crippen LogP contribution in [0.1, 0.15) is 0 Å². The molecule has 1 amide bonds. The summed E-state index contributed by atoms with van der Waals surface area (Å²) in [5.41, 5.74) is 0.820. The normalized spacial score (nSPS) is 20.1. The summed E-state index contributed by atoms with van der Waals surface area (Å²) in [6, 6.07) is 12.1. The molecule has 10 heteroatoms. The van der Waals surface area contributed by atoms with Gasteiger partial charge in [-0.25, -0.2) is 9.36 Å². The van der Waals surface area contributed by atoms with Crippen LogP contribution in [-0.2, 0) is 0 Å². The monoisotopic (exact) mass is 472 g/mol. The van der Waals surface area contributed by atoms with Gasteiger partial charge in [0.2, 0.25) is 0 Å². The fourth-order valence-electron chi connectivity index (χ4n) is 4.73. The van der Waals surface area contributed by atoms with E-state index in [-0.39, 0.29) is 17.5 Å². The molecule has 2 aliphatic rings. The van der Waals surface area contributed by atoms with Gasteiger partial charge in [-0.2, -0.15) is 0 Å². The highest BCUT2D eigenvalue weighted by Crippen LogP contribution is 2.36. The van der Waals surface area contributed by atoms with Crippen molar-refractivity contribution in [3.05, 3.63) is 79.0 Å². The molecule has 1 aromatic heterocycles. The van der Waals surface area contributed by atoms with E-state index in [4.69, 9.17) is 23.2 Å². The number of carbonyl (C=O) groups excluding carboxylic acids is 1. The number of pyridine rings is 1. The van der Waals surface area contributed by atoms with Gasteiger partial charge in [0, 0.05) is 67.3 Å². The highest BCUT2D eigenvalue weighted by molar-refractivity contribution is 6.42. The van der Waals surface area contributed by atoms with Crippen LogP contribution in [-0.4, -0.2) is 46.6 Å². The van der Waals surface area contributed by atoms with E-state index in [9.17, 15) is 19.7 Å². The lowest BCUT2D eigenvalue weighted by atomic mass is 10.0. The van der Waals surface area contributed by atoms with Gasteiger partial charge in [-0.3, -0.25) is 14.9 Å². The predicted octanol–water partition coefficient (Wildman–Crippen LogP) is 4.25. The minimum Gasteiger partial charge on any atom is -0.371 e. The number of nitro groups is 1. The lowest BCUT2D eigenvalue weighted by molar-refractivity contribution is -0.384. The molecule has 2 aliphatic heterocycles. The summed E-state index contributed by atoms with van der Waals surface area (Å²) in [5, 5.41) is 12.5. The van der Waals surface area contributed by atoms with E-state index in [1.54, 1.807) is 11.0 Å². The number of hydrogen-bond donors (Lipinski definition) is 0. The smallest absolute Gasteiger partial charge is 0.331 e. The third-order valence-corrected chi connectivity index (χ3v) is 7.04. The zero-order valence-corrected chi connectivity index (χ0v) is 18.3. The van der Waals surface area contributed by atoms with Crippen LogP contribution >= 0.6 is 23.2 Å². The van der Waals surface area contributed by atoms with Crippen molar-refractivity contribution in [1.29, 1.82) is 0 Å². The maximum Gasteiger partial charge on any atom is 0.331 e. The van der Waals surface area contributed by atoms with Gasteiger partial charge in [-0.15, -0.1) is 0 Å². The number of non-ortho nitro benzene ring substituents is 1. The first-order chi connectivity index (χ1) is 15.3.